The van der Waals surface area contributed by atoms with Gasteiger partial charge >= 0.3 is 0 Å². The summed E-state index contributed by atoms with van der Waals surface area (Å²) in [5, 5.41) is 8.64. The highest BCUT2D eigenvalue weighted by Gasteiger charge is 2.06. The number of nitrogens with zero attached hydrogens (tertiary/aromatic N) is 2. The minimum Gasteiger partial charge on any atom is -0.356 e. The molecule has 2 aromatic rings. The molecule has 0 amide bonds. The third kappa shape index (κ3) is 7.50. The van der Waals surface area contributed by atoms with Crippen LogP contribution in [-0.4, -0.2) is 31.1 Å². The van der Waals surface area contributed by atoms with Crippen LogP contribution in [0.5, 0.6) is 0 Å². The van der Waals surface area contributed by atoms with Crippen LogP contribution in [0, 0.1) is 6.92 Å². The molecule has 0 saturated heterocycles. The molecule has 0 aliphatic carbocycles. The number of benzene rings is 1. The van der Waals surface area contributed by atoms with Gasteiger partial charge in [0, 0.05) is 36.5 Å². The lowest BCUT2D eigenvalue weighted by atomic mass is 10.1. The van der Waals surface area contributed by atoms with Crippen LogP contribution < -0.4 is 10.6 Å². The van der Waals surface area contributed by atoms with Gasteiger partial charge in [0.2, 0.25) is 0 Å². The Morgan fingerprint density at radius 1 is 1.16 bits per heavy atom. The first-order valence-electron chi connectivity index (χ1n) is 8.26. The molecule has 0 aliphatic heterocycles. The van der Waals surface area contributed by atoms with E-state index in [0.717, 1.165) is 43.3 Å². The van der Waals surface area contributed by atoms with Gasteiger partial charge in [-0.1, -0.05) is 30.7 Å². The Morgan fingerprint density at radius 2 is 1.80 bits per heavy atom. The molecular weight excluding hydrogens is 467 g/mol. The quantitative estimate of drug-likeness (QED) is 0.345. The Kier molecular flexibility index (Phi) is 10.4. The highest BCUT2D eigenvalue weighted by Crippen LogP contribution is 2.17. The van der Waals surface area contributed by atoms with Crippen molar-refractivity contribution in [3.05, 3.63) is 50.4 Å². The number of aryl methyl sites for hydroxylation is 2. The van der Waals surface area contributed by atoms with Crippen LogP contribution in [0.4, 0.5) is 0 Å². The molecule has 0 fully saturated rings. The van der Waals surface area contributed by atoms with Gasteiger partial charge in [-0.3, -0.25) is 4.99 Å². The highest BCUT2D eigenvalue weighted by atomic mass is 127. The zero-order valence-electron chi connectivity index (χ0n) is 14.9. The molecule has 7 heteroatoms. The topological polar surface area (TPSA) is 49.3 Å². The smallest absolute Gasteiger partial charge is 0.191 e. The Balaban J connectivity index is 0.00000312. The SMILES string of the molecule is CCc1nc(CCNC(=NC)NCCc2ccc(Cl)cc2)sc1C.I. The lowest BCUT2D eigenvalue weighted by Crippen LogP contribution is -2.39. The van der Waals surface area contributed by atoms with Crippen molar-refractivity contribution >= 4 is 52.9 Å². The second-order valence-corrected chi connectivity index (χ2v) is 7.24. The minimum absolute atomic E-state index is 0. The fourth-order valence-corrected chi connectivity index (χ4v) is 3.55. The zero-order valence-corrected chi connectivity index (χ0v) is 18.8. The summed E-state index contributed by atoms with van der Waals surface area (Å²) < 4.78 is 0. The average Bonchev–Trinajstić information content (AvgIpc) is 2.95. The number of aromatic nitrogens is 1. The highest BCUT2D eigenvalue weighted by molar-refractivity contribution is 14.0. The van der Waals surface area contributed by atoms with Crippen molar-refractivity contribution in [3.63, 3.8) is 0 Å². The maximum Gasteiger partial charge on any atom is 0.191 e. The monoisotopic (exact) mass is 492 g/mol. The lowest BCUT2D eigenvalue weighted by molar-refractivity contribution is 0.780. The van der Waals surface area contributed by atoms with E-state index in [1.54, 1.807) is 18.4 Å². The number of thiazole rings is 1. The maximum absolute atomic E-state index is 5.90. The number of hydrogen-bond donors (Lipinski definition) is 2. The van der Waals surface area contributed by atoms with Gasteiger partial charge in [0.25, 0.3) is 0 Å². The van der Waals surface area contributed by atoms with Gasteiger partial charge < -0.3 is 10.6 Å². The molecule has 1 aromatic carbocycles. The minimum atomic E-state index is 0. The summed E-state index contributed by atoms with van der Waals surface area (Å²) in [6.07, 6.45) is 2.86. The van der Waals surface area contributed by atoms with Crippen molar-refractivity contribution in [3.8, 4) is 0 Å². The summed E-state index contributed by atoms with van der Waals surface area (Å²) >= 11 is 7.69. The summed E-state index contributed by atoms with van der Waals surface area (Å²) in [5.74, 6) is 0.827. The van der Waals surface area contributed by atoms with E-state index in [4.69, 9.17) is 11.6 Å². The van der Waals surface area contributed by atoms with E-state index in [0.29, 0.717) is 0 Å². The van der Waals surface area contributed by atoms with Crippen LogP contribution in [0.15, 0.2) is 29.3 Å². The van der Waals surface area contributed by atoms with Crippen LogP contribution in [0.3, 0.4) is 0 Å². The van der Waals surface area contributed by atoms with Gasteiger partial charge in [-0.15, -0.1) is 35.3 Å². The summed E-state index contributed by atoms with van der Waals surface area (Å²) in [6, 6.07) is 7.95. The summed E-state index contributed by atoms with van der Waals surface area (Å²) in [4.78, 5) is 10.3. The van der Waals surface area contributed by atoms with Crippen LogP contribution in [0.25, 0.3) is 0 Å². The normalized spacial score (nSPS) is 11.1. The first-order valence-corrected chi connectivity index (χ1v) is 9.46. The molecule has 0 aliphatic rings. The predicted molar refractivity (Wildman–Crippen MR) is 120 cm³/mol. The molecule has 1 heterocycles. The molecular formula is C18H26ClIN4S. The molecule has 2 rings (SSSR count). The molecule has 0 bridgehead atoms. The first kappa shape index (κ1) is 22.2. The lowest BCUT2D eigenvalue weighted by Gasteiger charge is -2.11. The summed E-state index contributed by atoms with van der Waals surface area (Å²) in [5.41, 5.74) is 2.48. The van der Waals surface area contributed by atoms with Gasteiger partial charge in [0.05, 0.1) is 10.7 Å². The Morgan fingerprint density at radius 3 is 2.36 bits per heavy atom. The second kappa shape index (κ2) is 11.7. The fraction of sp³-hybridized carbons (Fsp3) is 0.444. The third-order valence-corrected chi connectivity index (χ3v) is 5.07. The van der Waals surface area contributed by atoms with Crippen LogP contribution in [0.1, 0.15) is 28.1 Å². The van der Waals surface area contributed by atoms with Gasteiger partial charge in [-0.25, -0.2) is 4.98 Å². The Hall–Kier alpha value is -0.860. The second-order valence-electron chi connectivity index (χ2n) is 5.52. The van der Waals surface area contributed by atoms with E-state index in [9.17, 15) is 0 Å². The van der Waals surface area contributed by atoms with Crippen molar-refractivity contribution in [2.24, 2.45) is 4.99 Å². The van der Waals surface area contributed by atoms with Crippen LogP contribution in [-0.2, 0) is 19.3 Å². The predicted octanol–water partition coefficient (Wildman–Crippen LogP) is 4.24. The van der Waals surface area contributed by atoms with Crippen LogP contribution >= 0.6 is 46.9 Å². The fourth-order valence-electron chi connectivity index (χ4n) is 2.41. The van der Waals surface area contributed by atoms with Gasteiger partial charge in [-0.05, 0) is 37.5 Å². The van der Waals surface area contributed by atoms with Crippen molar-refractivity contribution in [1.29, 1.82) is 0 Å². The maximum atomic E-state index is 5.90. The largest absolute Gasteiger partial charge is 0.356 e. The molecule has 138 valence electrons. The number of guanidine groups is 1. The van der Waals surface area contributed by atoms with Gasteiger partial charge in [0.15, 0.2) is 5.96 Å². The number of halogens is 2. The Labute approximate surface area is 176 Å². The average molecular weight is 493 g/mol. The van der Waals surface area contributed by atoms with Crippen molar-refractivity contribution in [1.82, 2.24) is 15.6 Å². The Bertz CT molecular complexity index is 670. The molecule has 2 N–H and O–H groups in total. The molecule has 0 spiro atoms. The van der Waals surface area contributed by atoms with E-state index in [2.05, 4.69) is 46.6 Å². The van der Waals surface area contributed by atoms with Gasteiger partial charge in [-0.2, -0.15) is 0 Å². The van der Waals surface area contributed by atoms with E-state index in [-0.39, 0.29) is 24.0 Å². The van der Waals surface area contributed by atoms with Crippen molar-refractivity contribution in [2.75, 3.05) is 20.1 Å². The molecule has 0 radical (unpaired) electrons. The van der Waals surface area contributed by atoms with E-state index in [1.165, 1.54) is 21.1 Å². The summed E-state index contributed by atoms with van der Waals surface area (Å²) in [6.45, 7) is 5.95. The number of nitrogens with one attached hydrogen (secondary N) is 2. The van der Waals surface area contributed by atoms with Crippen LogP contribution in [0.2, 0.25) is 5.02 Å². The molecule has 0 unspecified atom stereocenters. The van der Waals surface area contributed by atoms with E-state index >= 15 is 0 Å². The van der Waals surface area contributed by atoms with Crippen molar-refractivity contribution < 1.29 is 0 Å². The zero-order chi connectivity index (χ0) is 17.4. The molecule has 4 nitrogen and oxygen atoms in total. The summed E-state index contributed by atoms with van der Waals surface area (Å²) in [7, 11) is 1.79. The molecule has 25 heavy (non-hydrogen) atoms. The standard InChI is InChI=1S/C18H25ClN4S.HI/c1-4-16-13(2)24-17(23-16)10-12-22-18(20-3)21-11-9-14-5-7-15(19)8-6-14;/h5-8H,4,9-12H2,1-3H3,(H2,20,21,22);1H. The number of rotatable bonds is 7. The third-order valence-electron chi connectivity index (χ3n) is 3.75. The molecule has 0 atom stereocenters. The van der Waals surface area contributed by atoms with Gasteiger partial charge in [0.1, 0.15) is 0 Å². The van der Waals surface area contributed by atoms with Crippen molar-refractivity contribution in [2.45, 2.75) is 33.1 Å². The number of hydrogen-bond acceptors (Lipinski definition) is 3. The molecule has 1 aromatic heterocycles. The molecule has 0 saturated carbocycles. The van der Waals surface area contributed by atoms with E-state index in [1.807, 2.05) is 12.1 Å². The number of aliphatic imine (C=N–C) groups is 1. The van der Waals surface area contributed by atoms with E-state index < -0.39 is 0 Å². The first-order chi connectivity index (χ1) is 11.6.